The Morgan fingerprint density at radius 2 is 1.86 bits per heavy atom. The maximum atomic E-state index is 10.8. The smallest absolute Gasteiger partial charge is 0.0729 e. The summed E-state index contributed by atoms with van der Waals surface area (Å²) in [6.07, 6.45) is 7.32. The molecular formula is C13H24O. The molecule has 1 nitrogen and oxygen atoms in total. The van der Waals surface area contributed by atoms with Crippen molar-refractivity contribution in [1.29, 1.82) is 0 Å². The molecule has 0 saturated heterocycles. The largest absolute Gasteiger partial charge is 0.389 e. The summed E-state index contributed by atoms with van der Waals surface area (Å²) in [7, 11) is 0. The zero-order valence-corrected chi connectivity index (χ0v) is 9.84. The molecule has 2 rings (SSSR count). The standard InChI is InChI=1S/C13H24O/c1-4-5-8-13(14)11-7-6-10(9-11)12(13,2)3/h10-11,14H,4-9H2,1-3H3. The minimum Gasteiger partial charge on any atom is -0.389 e. The van der Waals surface area contributed by atoms with Gasteiger partial charge in [-0.25, -0.2) is 0 Å². The van der Waals surface area contributed by atoms with Gasteiger partial charge in [-0.2, -0.15) is 0 Å². The van der Waals surface area contributed by atoms with Crippen molar-refractivity contribution in [3.63, 3.8) is 0 Å². The average Bonchev–Trinajstić information content (AvgIpc) is 2.67. The maximum Gasteiger partial charge on any atom is 0.0729 e. The van der Waals surface area contributed by atoms with Gasteiger partial charge in [-0.05, 0) is 42.9 Å². The van der Waals surface area contributed by atoms with Crippen LogP contribution in [0, 0.1) is 17.3 Å². The van der Waals surface area contributed by atoms with Crippen molar-refractivity contribution in [2.24, 2.45) is 17.3 Å². The van der Waals surface area contributed by atoms with E-state index in [9.17, 15) is 5.11 Å². The molecule has 0 aliphatic heterocycles. The van der Waals surface area contributed by atoms with Crippen LogP contribution in [-0.2, 0) is 0 Å². The van der Waals surface area contributed by atoms with Crippen molar-refractivity contribution in [1.82, 2.24) is 0 Å². The lowest BCUT2D eigenvalue weighted by molar-refractivity contribution is -0.112. The molecule has 0 heterocycles. The first-order valence-electron chi connectivity index (χ1n) is 6.24. The van der Waals surface area contributed by atoms with Crippen LogP contribution in [0.1, 0.15) is 59.3 Å². The zero-order chi connectivity index (χ0) is 10.4. The number of rotatable bonds is 3. The van der Waals surface area contributed by atoms with Gasteiger partial charge in [0.15, 0.2) is 0 Å². The molecule has 2 fully saturated rings. The molecule has 14 heavy (non-hydrogen) atoms. The monoisotopic (exact) mass is 196 g/mol. The first kappa shape index (κ1) is 10.5. The molecule has 82 valence electrons. The van der Waals surface area contributed by atoms with E-state index in [1.807, 2.05) is 0 Å². The highest BCUT2D eigenvalue weighted by Crippen LogP contribution is 2.62. The van der Waals surface area contributed by atoms with E-state index in [0.717, 1.165) is 12.3 Å². The molecule has 0 aromatic rings. The number of hydrogen-bond acceptors (Lipinski definition) is 1. The van der Waals surface area contributed by atoms with Crippen LogP contribution in [0.3, 0.4) is 0 Å². The topological polar surface area (TPSA) is 20.2 Å². The SMILES string of the molecule is CCCCC1(O)C2CCC(C2)C1(C)C. The van der Waals surface area contributed by atoms with Crippen LogP contribution in [0.4, 0.5) is 0 Å². The van der Waals surface area contributed by atoms with Crippen molar-refractivity contribution in [2.45, 2.75) is 64.9 Å². The minimum absolute atomic E-state index is 0.172. The summed E-state index contributed by atoms with van der Waals surface area (Å²) in [5, 5.41) is 10.8. The molecular weight excluding hydrogens is 172 g/mol. The van der Waals surface area contributed by atoms with Crippen LogP contribution in [0.25, 0.3) is 0 Å². The Bertz CT molecular complexity index is 221. The van der Waals surface area contributed by atoms with Crippen molar-refractivity contribution in [3.8, 4) is 0 Å². The van der Waals surface area contributed by atoms with E-state index >= 15 is 0 Å². The van der Waals surface area contributed by atoms with Gasteiger partial charge in [0.25, 0.3) is 0 Å². The molecule has 2 bridgehead atoms. The fourth-order valence-electron chi connectivity index (χ4n) is 3.92. The third kappa shape index (κ3) is 1.18. The van der Waals surface area contributed by atoms with Gasteiger partial charge in [-0.3, -0.25) is 0 Å². The first-order valence-corrected chi connectivity index (χ1v) is 6.24. The summed E-state index contributed by atoms with van der Waals surface area (Å²) < 4.78 is 0. The van der Waals surface area contributed by atoms with E-state index in [1.54, 1.807) is 0 Å². The Morgan fingerprint density at radius 1 is 1.21 bits per heavy atom. The lowest BCUT2D eigenvalue weighted by Crippen LogP contribution is -2.49. The summed E-state index contributed by atoms with van der Waals surface area (Å²) >= 11 is 0. The minimum atomic E-state index is -0.341. The van der Waals surface area contributed by atoms with E-state index in [1.165, 1.54) is 32.1 Å². The van der Waals surface area contributed by atoms with Crippen LogP contribution in [0.5, 0.6) is 0 Å². The molecule has 0 spiro atoms. The van der Waals surface area contributed by atoms with Crippen molar-refractivity contribution in [2.75, 3.05) is 0 Å². The van der Waals surface area contributed by atoms with Gasteiger partial charge in [0, 0.05) is 0 Å². The third-order valence-electron chi connectivity index (χ3n) is 5.16. The van der Waals surface area contributed by atoms with Gasteiger partial charge in [-0.15, -0.1) is 0 Å². The second-order valence-corrected chi connectivity index (χ2v) is 5.96. The van der Waals surface area contributed by atoms with Crippen molar-refractivity contribution < 1.29 is 5.11 Å². The van der Waals surface area contributed by atoms with Gasteiger partial charge < -0.3 is 5.11 Å². The quantitative estimate of drug-likeness (QED) is 0.734. The van der Waals surface area contributed by atoms with Crippen LogP contribution in [-0.4, -0.2) is 10.7 Å². The lowest BCUT2D eigenvalue weighted by Gasteiger charge is -2.46. The van der Waals surface area contributed by atoms with Gasteiger partial charge in [0.2, 0.25) is 0 Å². The molecule has 2 saturated carbocycles. The fourth-order valence-corrected chi connectivity index (χ4v) is 3.92. The first-order chi connectivity index (χ1) is 6.52. The van der Waals surface area contributed by atoms with Gasteiger partial charge in [0.1, 0.15) is 0 Å². The fraction of sp³-hybridized carbons (Fsp3) is 1.00. The number of fused-ring (bicyclic) bond motifs is 2. The molecule has 1 heteroatoms. The summed E-state index contributed by atoms with van der Waals surface area (Å²) in [5.74, 6) is 1.39. The Morgan fingerprint density at radius 3 is 2.36 bits per heavy atom. The number of aliphatic hydroxyl groups is 1. The van der Waals surface area contributed by atoms with Crippen molar-refractivity contribution in [3.05, 3.63) is 0 Å². The molecule has 0 amide bonds. The van der Waals surface area contributed by atoms with E-state index < -0.39 is 0 Å². The van der Waals surface area contributed by atoms with E-state index in [-0.39, 0.29) is 11.0 Å². The van der Waals surface area contributed by atoms with E-state index in [2.05, 4.69) is 20.8 Å². The number of hydrogen-bond donors (Lipinski definition) is 1. The van der Waals surface area contributed by atoms with Gasteiger partial charge in [-0.1, -0.05) is 33.6 Å². The Hall–Kier alpha value is -0.0400. The maximum absolute atomic E-state index is 10.8. The molecule has 0 radical (unpaired) electrons. The predicted octanol–water partition coefficient (Wildman–Crippen LogP) is 3.36. The summed E-state index contributed by atoms with van der Waals surface area (Å²) in [6.45, 7) is 6.78. The highest BCUT2D eigenvalue weighted by atomic mass is 16.3. The Kier molecular flexibility index (Phi) is 2.42. The Balaban J connectivity index is 2.16. The molecule has 0 aromatic heterocycles. The van der Waals surface area contributed by atoms with Crippen LogP contribution < -0.4 is 0 Å². The summed E-state index contributed by atoms with van der Waals surface area (Å²) in [5.41, 5.74) is -0.170. The molecule has 3 unspecified atom stereocenters. The predicted molar refractivity (Wildman–Crippen MR) is 59.1 cm³/mol. The second kappa shape index (κ2) is 3.23. The third-order valence-corrected chi connectivity index (χ3v) is 5.16. The van der Waals surface area contributed by atoms with Crippen LogP contribution >= 0.6 is 0 Å². The van der Waals surface area contributed by atoms with Gasteiger partial charge >= 0.3 is 0 Å². The van der Waals surface area contributed by atoms with Crippen LogP contribution in [0.2, 0.25) is 0 Å². The summed E-state index contributed by atoms with van der Waals surface area (Å²) in [6, 6.07) is 0. The molecule has 2 aliphatic rings. The summed E-state index contributed by atoms with van der Waals surface area (Å²) in [4.78, 5) is 0. The molecule has 1 N–H and O–H groups in total. The lowest BCUT2D eigenvalue weighted by atomic mass is 9.63. The molecule has 0 aromatic carbocycles. The Labute approximate surface area is 87.9 Å². The van der Waals surface area contributed by atoms with E-state index in [0.29, 0.717) is 5.92 Å². The van der Waals surface area contributed by atoms with Crippen LogP contribution in [0.15, 0.2) is 0 Å². The highest BCUT2D eigenvalue weighted by molar-refractivity contribution is 5.11. The molecule has 3 atom stereocenters. The molecule has 2 aliphatic carbocycles. The van der Waals surface area contributed by atoms with Crippen molar-refractivity contribution >= 4 is 0 Å². The number of unbranched alkanes of at least 4 members (excludes halogenated alkanes) is 1. The zero-order valence-electron chi connectivity index (χ0n) is 9.84. The van der Waals surface area contributed by atoms with Gasteiger partial charge in [0.05, 0.1) is 5.60 Å². The highest BCUT2D eigenvalue weighted by Gasteiger charge is 2.61. The normalized spacial score (nSPS) is 44.6. The van der Waals surface area contributed by atoms with E-state index in [4.69, 9.17) is 0 Å². The second-order valence-electron chi connectivity index (χ2n) is 5.96. The average molecular weight is 196 g/mol.